The molecule has 2 rings (SSSR count). The molecule has 2 aromatic rings. The molecule has 0 unspecified atom stereocenters. The van der Waals surface area contributed by atoms with Crippen LogP contribution in [0, 0.1) is 13.8 Å². The van der Waals surface area contributed by atoms with Crippen LogP contribution in [0.3, 0.4) is 0 Å². The van der Waals surface area contributed by atoms with Gasteiger partial charge in [0.15, 0.2) is 12.1 Å². The summed E-state index contributed by atoms with van der Waals surface area (Å²) in [5.41, 5.74) is 2.42. The first-order valence-corrected chi connectivity index (χ1v) is 4.66. The maximum absolute atomic E-state index is 10.8. The van der Waals surface area contributed by atoms with E-state index in [-0.39, 0.29) is 0 Å². The van der Waals surface area contributed by atoms with E-state index in [2.05, 4.69) is 10.1 Å². The lowest BCUT2D eigenvalue weighted by Gasteiger charge is -2.04. The molecule has 0 radical (unpaired) electrons. The van der Waals surface area contributed by atoms with E-state index in [1.807, 2.05) is 19.9 Å². The van der Waals surface area contributed by atoms with Crippen molar-refractivity contribution >= 4 is 6.29 Å². The second-order valence-electron chi connectivity index (χ2n) is 3.37. The first-order chi connectivity index (χ1) is 7.22. The zero-order valence-electron chi connectivity index (χ0n) is 8.64. The number of carbonyl (C=O) groups excluding carboxylic acids is 1. The highest BCUT2D eigenvalue weighted by molar-refractivity contribution is 5.79. The summed E-state index contributed by atoms with van der Waals surface area (Å²) in [6.45, 7) is 3.84. The molecular weight excluding hydrogens is 190 g/mol. The molecule has 0 aliphatic carbocycles. The maximum Gasteiger partial charge on any atom is 0.164 e. The van der Waals surface area contributed by atoms with Crippen molar-refractivity contribution in [3.8, 4) is 5.82 Å². The van der Waals surface area contributed by atoms with Crippen LogP contribution in [0.5, 0.6) is 0 Å². The molecule has 76 valence electrons. The molecule has 0 aliphatic rings. The maximum atomic E-state index is 10.8. The van der Waals surface area contributed by atoms with Crippen LogP contribution in [0.1, 0.15) is 21.7 Å². The summed E-state index contributed by atoms with van der Waals surface area (Å²) >= 11 is 0. The molecule has 0 fully saturated rings. The Hall–Kier alpha value is -1.97. The van der Waals surface area contributed by atoms with Crippen molar-refractivity contribution in [1.82, 2.24) is 14.8 Å². The Labute approximate surface area is 87.6 Å². The summed E-state index contributed by atoms with van der Waals surface area (Å²) in [5, 5.41) is 4.28. The lowest BCUT2D eigenvalue weighted by Crippen LogP contribution is -2.05. The van der Waals surface area contributed by atoms with Gasteiger partial charge in [-0.1, -0.05) is 0 Å². The van der Waals surface area contributed by atoms with Crippen molar-refractivity contribution in [2.75, 3.05) is 0 Å². The molecule has 2 aromatic heterocycles. The summed E-state index contributed by atoms with van der Waals surface area (Å²) in [5.74, 6) is 0.582. The average Bonchev–Trinajstić information content (AvgIpc) is 2.57. The predicted octanol–water partition coefficient (Wildman–Crippen LogP) is 1.70. The van der Waals surface area contributed by atoms with Crippen LogP contribution in [0.4, 0.5) is 0 Å². The van der Waals surface area contributed by atoms with E-state index in [0.717, 1.165) is 17.7 Å². The highest BCUT2D eigenvalue weighted by atomic mass is 16.1. The molecule has 0 saturated carbocycles. The molecule has 0 bridgehead atoms. The third kappa shape index (κ3) is 1.66. The van der Waals surface area contributed by atoms with Gasteiger partial charge < -0.3 is 0 Å². The number of hydrogen-bond donors (Lipinski definition) is 0. The fourth-order valence-corrected chi connectivity index (χ4v) is 1.52. The fraction of sp³-hybridized carbons (Fsp3) is 0.182. The Kier molecular flexibility index (Phi) is 2.33. The van der Waals surface area contributed by atoms with Gasteiger partial charge in [0.05, 0.1) is 11.3 Å². The first-order valence-electron chi connectivity index (χ1n) is 4.66. The second-order valence-corrected chi connectivity index (χ2v) is 3.37. The van der Waals surface area contributed by atoms with Gasteiger partial charge in [-0.2, -0.15) is 5.10 Å². The lowest BCUT2D eigenvalue weighted by atomic mass is 10.3. The summed E-state index contributed by atoms with van der Waals surface area (Å²) in [6, 6.07) is 5.41. The highest BCUT2D eigenvalue weighted by Crippen LogP contribution is 2.12. The Bertz CT molecular complexity index is 502. The molecule has 0 aliphatic heterocycles. The van der Waals surface area contributed by atoms with E-state index in [4.69, 9.17) is 0 Å². The van der Waals surface area contributed by atoms with Crippen molar-refractivity contribution < 1.29 is 4.79 Å². The van der Waals surface area contributed by atoms with E-state index < -0.39 is 0 Å². The number of aromatic nitrogens is 3. The predicted molar refractivity (Wildman–Crippen MR) is 56.2 cm³/mol. The standard InChI is InChI=1S/C11H11N3O/c1-8-6-9(2)14(13-8)11-10(7-15)4-3-5-12-11/h3-7H,1-2H3. The highest BCUT2D eigenvalue weighted by Gasteiger charge is 2.08. The molecule has 0 N–H and O–H groups in total. The third-order valence-corrected chi connectivity index (χ3v) is 2.15. The summed E-state index contributed by atoms with van der Waals surface area (Å²) < 4.78 is 1.68. The zero-order chi connectivity index (χ0) is 10.8. The number of hydrogen-bond acceptors (Lipinski definition) is 3. The number of pyridine rings is 1. The summed E-state index contributed by atoms with van der Waals surface area (Å²) in [6.07, 6.45) is 2.44. The largest absolute Gasteiger partial charge is 0.298 e. The van der Waals surface area contributed by atoms with Crippen LogP contribution in [0.2, 0.25) is 0 Å². The van der Waals surface area contributed by atoms with Crippen LogP contribution in [0.25, 0.3) is 5.82 Å². The average molecular weight is 201 g/mol. The molecule has 0 spiro atoms. The molecule has 0 aromatic carbocycles. The van der Waals surface area contributed by atoms with Gasteiger partial charge in [-0.15, -0.1) is 0 Å². The molecule has 4 heteroatoms. The topological polar surface area (TPSA) is 47.8 Å². The van der Waals surface area contributed by atoms with Gasteiger partial charge in [0, 0.05) is 11.9 Å². The number of nitrogens with zero attached hydrogens (tertiary/aromatic N) is 3. The Morgan fingerprint density at radius 1 is 1.40 bits per heavy atom. The van der Waals surface area contributed by atoms with E-state index in [9.17, 15) is 4.79 Å². The third-order valence-electron chi connectivity index (χ3n) is 2.15. The minimum Gasteiger partial charge on any atom is -0.298 e. The van der Waals surface area contributed by atoms with Gasteiger partial charge in [0.1, 0.15) is 0 Å². The van der Waals surface area contributed by atoms with E-state index in [1.165, 1.54) is 0 Å². The van der Waals surface area contributed by atoms with Crippen molar-refractivity contribution in [2.24, 2.45) is 0 Å². The molecule has 0 atom stereocenters. The second kappa shape index (κ2) is 3.65. The Morgan fingerprint density at radius 3 is 2.80 bits per heavy atom. The molecule has 4 nitrogen and oxygen atoms in total. The lowest BCUT2D eigenvalue weighted by molar-refractivity contribution is 0.112. The van der Waals surface area contributed by atoms with Crippen LogP contribution in [-0.4, -0.2) is 21.1 Å². The summed E-state index contributed by atoms with van der Waals surface area (Å²) in [7, 11) is 0. The van der Waals surface area contributed by atoms with Crippen molar-refractivity contribution in [3.63, 3.8) is 0 Å². The minimum absolute atomic E-state index is 0.545. The van der Waals surface area contributed by atoms with Crippen LogP contribution < -0.4 is 0 Å². The fourth-order valence-electron chi connectivity index (χ4n) is 1.52. The molecule has 0 saturated heterocycles. The van der Waals surface area contributed by atoms with Crippen LogP contribution in [-0.2, 0) is 0 Å². The van der Waals surface area contributed by atoms with Gasteiger partial charge in [-0.25, -0.2) is 9.67 Å². The van der Waals surface area contributed by atoms with Gasteiger partial charge in [0.2, 0.25) is 0 Å². The molecule has 2 heterocycles. The normalized spacial score (nSPS) is 10.3. The molecule has 0 amide bonds. The molecular formula is C11H11N3O. The van der Waals surface area contributed by atoms with Crippen molar-refractivity contribution in [3.05, 3.63) is 41.3 Å². The zero-order valence-corrected chi connectivity index (χ0v) is 8.64. The van der Waals surface area contributed by atoms with E-state index >= 15 is 0 Å². The van der Waals surface area contributed by atoms with Crippen LogP contribution >= 0.6 is 0 Å². The van der Waals surface area contributed by atoms with E-state index in [0.29, 0.717) is 11.4 Å². The first kappa shape index (κ1) is 9.58. The van der Waals surface area contributed by atoms with Gasteiger partial charge in [-0.05, 0) is 32.0 Å². The SMILES string of the molecule is Cc1cc(C)n(-c2ncccc2C=O)n1. The van der Waals surface area contributed by atoms with Gasteiger partial charge in [0.25, 0.3) is 0 Å². The Morgan fingerprint density at radius 2 is 2.20 bits per heavy atom. The van der Waals surface area contributed by atoms with Crippen molar-refractivity contribution in [1.29, 1.82) is 0 Å². The summed E-state index contributed by atoms with van der Waals surface area (Å²) in [4.78, 5) is 15.0. The number of aryl methyl sites for hydroxylation is 2. The van der Waals surface area contributed by atoms with Crippen LogP contribution in [0.15, 0.2) is 24.4 Å². The smallest absolute Gasteiger partial charge is 0.164 e. The number of carbonyl (C=O) groups is 1. The Balaban J connectivity index is 2.63. The van der Waals surface area contributed by atoms with E-state index in [1.54, 1.807) is 23.0 Å². The number of rotatable bonds is 2. The minimum atomic E-state index is 0.545. The molecule has 15 heavy (non-hydrogen) atoms. The number of aldehydes is 1. The van der Waals surface area contributed by atoms with Gasteiger partial charge in [-0.3, -0.25) is 4.79 Å². The monoisotopic (exact) mass is 201 g/mol. The quantitative estimate of drug-likeness (QED) is 0.695. The van der Waals surface area contributed by atoms with Gasteiger partial charge >= 0.3 is 0 Å². The van der Waals surface area contributed by atoms with Crippen molar-refractivity contribution in [2.45, 2.75) is 13.8 Å².